The lowest BCUT2D eigenvalue weighted by Gasteiger charge is -2.10. The minimum atomic E-state index is 0.854. The van der Waals surface area contributed by atoms with Gasteiger partial charge in [0.05, 0.1) is 12.8 Å². The van der Waals surface area contributed by atoms with Crippen molar-refractivity contribution in [3.63, 3.8) is 0 Å². The van der Waals surface area contributed by atoms with Crippen LogP contribution in [0, 0.1) is 0 Å². The van der Waals surface area contributed by atoms with E-state index in [1.165, 1.54) is 70.6 Å². The fourth-order valence-electron chi connectivity index (χ4n) is 3.41. The van der Waals surface area contributed by atoms with E-state index < -0.39 is 0 Å². The molecule has 0 unspecified atom stereocenters. The number of hydrogen-bond acceptors (Lipinski definition) is 3. The summed E-state index contributed by atoms with van der Waals surface area (Å²) in [6.45, 7) is 2.28. The van der Waals surface area contributed by atoms with Crippen molar-refractivity contribution in [2.75, 3.05) is 7.11 Å². The molecule has 0 aliphatic heterocycles. The standard InChI is InChI=1S/C22H35N3O/c1-3-4-5-6-7-8-9-10-11-12-13-18-22-24-23-19-25(22)20-16-14-15-17-21(20)26-2/h14-17,19H,3-13,18H2,1-2H3. The van der Waals surface area contributed by atoms with E-state index in [1.54, 1.807) is 13.4 Å². The van der Waals surface area contributed by atoms with Crippen LogP contribution in [-0.4, -0.2) is 21.9 Å². The molecule has 0 aliphatic rings. The van der Waals surface area contributed by atoms with E-state index in [4.69, 9.17) is 4.74 Å². The zero-order valence-electron chi connectivity index (χ0n) is 16.6. The molecule has 1 aromatic heterocycles. The Morgan fingerprint density at radius 2 is 1.46 bits per heavy atom. The summed E-state index contributed by atoms with van der Waals surface area (Å²) in [6.07, 6.45) is 17.7. The molecule has 0 spiro atoms. The topological polar surface area (TPSA) is 39.9 Å². The molecule has 0 amide bonds. The van der Waals surface area contributed by atoms with E-state index in [1.807, 2.05) is 24.3 Å². The van der Waals surface area contributed by atoms with Gasteiger partial charge in [-0.3, -0.25) is 4.57 Å². The number of para-hydroxylation sites is 2. The maximum Gasteiger partial charge on any atom is 0.142 e. The van der Waals surface area contributed by atoms with E-state index in [2.05, 4.69) is 21.7 Å². The van der Waals surface area contributed by atoms with Crippen LogP contribution in [0.4, 0.5) is 0 Å². The van der Waals surface area contributed by atoms with Crippen LogP contribution in [0.1, 0.15) is 83.4 Å². The van der Waals surface area contributed by atoms with Crippen molar-refractivity contribution >= 4 is 0 Å². The summed E-state index contributed by atoms with van der Waals surface area (Å²) in [4.78, 5) is 0. The third-order valence-electron chi connectivity index (χ3n) is 4.97. The van der Waals surface area contributed by atoms with Gasteiger partial charge in [-0.05, 0) is 18.6 Å². The van der Waals surface area contributed by atoms with Crippen LogP contribution >= 0.6 is 0 Å². The van der Waals surface area contributed by atoms with Gasteiger partial charge in [0.25, 0.3) is 0 Å². The van der Waals surface area contributed by atoms with Gasteiger partial charge in [0.15, 0.2) is 0 Å². The van der Waals surface area contributed by atoms with Crippen molar-refractivity contribution in [1.82, 2.24) is 14.8 Å². The molecular formula is C22H35N3O. The van der Waals surface area contributed by atoms with Crippen molar-refractivity contribution in [3.05, 3.63) is 36.4 Å². The number of ether oxygens (including phenoxy) is 1. The highest BCUT2D eigenvalue weighted by Gasteiger charge is 2.10. The van der Waals surface area contributed by atoms with Gasteiger partial charge in [0, 0.05) is 6.42 Å². The molecule has 4 nitrogen and oxygen atoms in total. The fraction of sp³-hybridized carbons (Fsp3) is 0.636. The van der Waals surface area contributed by atoms with Crippen LogP contribution in [0.15, 0.2) is 30.6 Å². The molecule has 2 aromatic rings. The first-order valence-electron chi connectivity index (χ1n) is 10.4. The highest BCUT2D eigenvalue weighted by atomic mass is 16.5. The van der Waals surface area contributed by atoms with Gasteiger partial charge in [-0.25, -0.2) is 0 Å². The number of aromatic nitrogens is 3. The van der Waals surface area contributed by atoms with E-state index in [-0.39, 0.29) is 0 Å². The Balaban J connectivity index is 1.63. The van der Waals surface area contributed by atoms with Crippen molar-refractivity contribution in [3.8, 4) is 11.4 Å². The van der Waals surface area contributed by atoms with E-state index >= 15 is 0 Å². The Hall–Kier alpha value is -1.84. The Morgan fingerprint density at radius 3 is 2.12 bits per heavy atom. The van der Waals surface area contributed by atoms with E-state index in [0.717, 1.165) is 23.7 Å². The summed E-state index contributed by atoms with van der Waals surface area (Å²) in [7, 11) is 1.70. The fourth-order valence-corrected chi connectivity index (χ4v) is 3.41. The Kier molecular flexibility index (Phi) is 9.84. The van der Waals surface area contributed by atoms with Crippen molar-refractivity contribution in [2.45, 2.75) is 84.0 Å². The molecule has 4 heteroatoms. The molecule has 144 valence electrons. The number of unbranched alkanes of at least 4 members (excludes halogenated alkanes) is 10. The first-order chi connectivity index (χ1) is 12.9. The first-order valence-corrected chi connectivity index (χ1v) is 10.4. The van der Waals surface area contributed by atoms with Gasteiger partial charge < -0.3 is 4.74 Å². The van der Waals surface area contributed by atoms with Gasteiger partial charge >= 0.3 is 0 Å². The molecule has 2 rings (SSSR count). The molecule has 0 N–H and O–H groups in total. The summed E-state index contributed by atoms with van der Waals surface area (Å²) in [6, 6.07) is 8.02. The molecule has 0 bridgehead atoms. The number of benzene rings is 1. The van der Waals surface area contributed by atoms with Crippen molar-refractivity contribution < 1.29 is 4.74 Å². The lowest BCUT2D eigenvalue weighted by molar-refractivity contribution is 0.412. The molecule has 0 saturated heterocycles. The minimum absolute atomic E-state index is 0.854. The highest BCUT2D eigenvalue weighted by Crippen LogP contribution is 2.23. The lowest BCUT2D eigenvalue weighted by Crippen LogP contribution is -2.02. The van der Waals surface area contributed by atoms with Gasteiger partial charge in [0.2, 0.25) is 0 Å². The summed E-state index contributed by atoms with van der Waals surface area (Å²) >= 11 is 0. The number of nitrogens with zero attached hydrogens (tertiary/aromatic N) is 3. The normalized spacial score (nSPS) is 11.0. The van der Waals surface area contributed by atoms with E-state index in [9.17, 15) is 0 Å². The largest absolute Gasteiger partial charge is 0.495 e. The highest BCUT2D eigenvalue weighted by molar-refractivity contribution is 5.46. The van der Waals surface area contributed by atoms with Crippen LogP contribution < -0.4 is 4.74 Å². The Morgan fingerprint density at radius 1 is 0.846 bits per heavy atom. The van der Waals surface area contributed by atoms with Crippen LogP contribution in [-0.2, 0) is 6.42 Å². The first kappa shape index (κ1) is 20.5. The van der Waals surface area contributed by atoms with E-state index in [0.29, 0.717) is 0 Å². The SMILES string of the molecule is CCCCCCCCCCCCCc1nncn1-c1ccccc1OC. The Labute approximate surface area is 159 Å². The average molecular weight is 358 g/mol. The van der Waals surface area contributed by atoms with Crippen molar-refractivity contribution in [1.29, 1.82) is 0 Å². The average Bonchev–Trinajstić information content (AvgIpc) is 3.14. The molecule has 0 aliphatic carbocycles. The second kappa shape index (κ2) is 12.5. The maximum absolute atomic E-state index is 5.46. The smallest absolute Gasteiger partial charge is 0.142 e. The van der Waals surface area contributed by atoms with Crippen LogP contribution in [0.5, 0.6) is 5.75 Å². The number of hydrogen-bond donors (Lipinski definition) is 0. The maximum atomic E-state index is 5.46. The second-order valence-electron chi connectivity index (χ2n) is 7.07. The molecule has 1 aromatic carbocycles. The van der Waals surface area contributed by atoms with Gasteiger partial charge in [-0.15, -0.1) is 10.2 Å². The number of methoxy groups -OCH3 is 1. The number of aryl methyl sites for hydroxylation is 1. The van der Waals surface area contributed by atoms with Gasteiger partial charge in [-0.1, -0.05) is 83.3 Å². The number of rotatable bonds is 14. The predicted octanol–water partition coefficient (Wildman–Crippen LogP) is 6.13. The summed E-state index contributed by atoms with van der Waals surface area (Å²) in [5.74, 6) is 1.87. The zero-order valence-corrected chi connectivity index (χ0v) is 16.6. The molecule has 0 fully saturated rings. The molecule has 0 saturated carbocycles. The predicted molar refractivity (Wildman–Crippen MR) is 108 cm³/mol. The van der Waals surface area contributed by atoms with Gasteiger partial charge in [0.1, 0.15) is 17.9 Å². The van der Waals surface area contributed by atoms with Crippen molar-refractivity contribution in [2.24, 2.45) is 0 Å². The van der Waals surface area contributed by atoms with Crippen LogP contribution in [0.3, 0.4) is 0 Å². The third kappa shape index (κ3) is 6.81. The molecule has 0 radical (unpaired) electrons. The lowest BCUT2D eigenvalue weighted by atomic mass is 10.1. The zero-order chi connectivity index (χ0) is 18.5. The molecular weight excluding hydrogens is 322 g/mol. The third-order valence-corrected chi connectivity index (χ3v) is 4.97. The molecule has 26 heavy (non-hydrogen) atoms. The van der Waals surface area contributed by atoms with Crippen LogP contribution in [0.2, 0.25) is 0 Å². The molecule has 1 heterocycles. The van der Waals surface area contributed by atoms with Crippen LogP contribution in [0.25, 0.3) is 5.69 Å². The summed E-state index contributed by atoms with van der Waals surface area (Å²) < 4.78 is 7.51. The minimum Gasteiger partial charge on any atom is -0.495 e. The second-order valence-corrected chi connectivity index (χ2v) is 7.07. The summed E-state index contributed by atoms with van der Waals surface area (Å²) in [5, 5.41) is 8.41. The Bertz CT molecular complexity index is 609. The quantitative estimate of drug-likeness (QED) is 0.382. The summed E-state index contributed by atoms with van der Waals surface area (Å²) in [5.41, 5.74) is 1.01. The monoisotopic (exact) mass is 357 g/mol. The molecule has 0 atom stereocenters. The van der Waals surface area contributed by atoms with Gasteiger partial charge in [-0.2, -0.15) is 0 Å².